The Bertz CT molecular complexity index is 1180. The van der Waals surface area contributed by atoms with Gasteiger partial charge in [0.05, 0.1) is 28.0 Å². The van der Waals surface area contributed by atoms with Gasteiger partial charge in [-0.2, -0.15) is 0 Å². The molecule has 0 fully saturated rings. The lowest BCUT2D eigenvalue weighted by Gasteiger charge is -2.30. The lowest BCUT2D eigenvalue weighted by Crippen LogP contribution is -2.38. The molecule has 5 rings (SSSR count). The Kier molecular flexibility index (Phi) is 6.86. The standard InChI is InChI=1S/C16H13Cl2NO3.C9H11NO/c1-9-3-2-4-13-15(9)22-6-5-19(13)16(21)10-7-11(17)14(20)12(18)8-10;1-7-3-2-4-8-9(7)11-6-5-10-8/h2-4,7-8,20H,5-6H2,1H3;2-4,10H,5-6H2,1H3. The number of amides is 1. The molecular formula is C25H24Cl2N2O4. The Morgan fingerprint density at radius 1 is 0.970 bits per heavy atom. The van der Waals surface area contributed by atoms with Gasteiger partial charge in [-0.15, -0.1) is 0 Å². The van der Waals surface area contributed by atoms with Crippen LogP contribution in [0.4, 0.5) is 11.4 Å². The number of aryl methyl sites for hydroxylation is 2. The van der Waals surface area contributed by atoms with Crippen LogP contribution in [0.15, 0.2) is 48.5 Å². The number of carbonyl (C=O) groups is 1. The average molecular weight is 487 g/mol. The number of fused-ring (bicyclic) bond motifs is 2. The normalized spacial score (nSPS) is 13.9. The van der Waals surface area contributed by atoms with E-state index in [1.54, 1.807) is 4.90 Å². The topological polar surface area (TPSA) is 71.0 Å². The molecule has 33 heavy (non-hydrogen) atoms. The fourth-order valence-electron chi connectivity index (χ4n) is 3.77. The minimum atomic E-state index is -0.237. The van der Waals surface area contributed by atoms with Crippen molar-refractivity contribution in [2.45, 2.75) is 13.8 Å². The fraction of sp³-hybridized carbons (Fsp3) is 0.240. The third-order valence-electron chi connectivity index (χ3n) is 5.43. The van der Waals surface area contributed by atoms with Crippen LogP contribution in [0.2, 0.25) is 10.0 Å². The maximum Gasteiger partial charge on any atom is 0.258 e. The molecule has 172 valence electrons. The third-order valence-corrected chi connectivity index (χ3v) is 6.00. The molecule has 0 aliphatic carbocycles. The van der Waals surface area contributed by atoms with E-state index in [0.29, 0.717) is 24.5 Å². The summed E-state index contributed by atoms with van der Waals surface area (Å²) in [6.07, 6.45) is 0. The van der Waals surface area contributed by atoms with Crippen molar-refractivity contribution < 1.29 is 19.4 Å². The summed E-state index contributed by atoms with van der Waals surface area (Å²) in [6.45, 7) is 6.54. The summed E-state index contributed by atoms with van der Waals surface area (Å²) < 4.78 is 11.1. The first kappa shape index (κ1) is 23.1. The number of anilines is 2. The number of phenols is 1. The highest BCUT2D eigenvalue weighted by atomic mass is 35.5. The molecule has 2 aliphatic rings. The largest absolute Gasteiger partial charge is 0.505 e. The summed E-state index contributed by atoms with van der Waals surface area (Å²) in [5.74, 6) is 1.26. The molecule has 0 unspecified atom stereocenters. The van der Waals surface area contributed by atoms with E-state index in [9.17, 15) is 9.90 Å². The number of benzene rings is 3. The van der Waals surface area contributed by atoms with Crippen LogP contribution in [0.3, 0.4) is 0 Å². The van der Waals surface area contributed by atoms with Gasteiger partial charge in [-0.3, -0.25) is 4.79 Å². The molecule has 0 saturated carbocycles. The van der Waals surface area contributed by atoms with Gasteiger partial charge >= 0.3 is 0 Å². The number of ether oxygens (including phenoxy) is 2. The molecular weight excluding hydrogens is 463 g/mol. The smallest absolute Gasteiger partial charge is 0.258 e. The third kappa shape index (κ3) is 4.82. The highest BCUT2D eigenvalue weighted by molar-refractivity contribution is 6.37. The zero-order valence-electron chi connectivity index (χ0n) is 18.3. The summed E-state index contributed by atoms with van der Waals surface area (Å²) in [6, 6.07) is 14.6. The molecule has 3 aromatic rings. The molecule has 6 nitrogen and oxygen atoms in total. The van der Waals surface area contributed by atoms with Crippen molar-refractivity contribution >= 4 is 40.5 Å². The Hall–Kier alpha value is -3.09. The first-order valence-corrected chi connectivity index (χ1v) is 11.3. The molecule has 2 N–H and O–H groups in total. The summed E-state index contributed by atoms with van der Waals surface area (Å²) in [7, 11) is 0. The van der Waals surface area contributed by atoms with Gasteiger partial charge in [0.15, 0.2) is 5.75 Å². The second-order valence-corrected chi connectivity index (χ2v) is 8.56. The molecule has 1 amide bonds. The van der Waals surface area contributed by atoms with Gasteiger partial charge in [-0.05, 0) is 49.2 Å². The minimum Gasteiger partial charge on any atom is -0.505 e. The molecule has 8 heteroatoms. The van der Waals surface area contributed by atoms with Crippen molar-refractivity contribution in [2.75, 3.05) is 36.5 Å². The number of nitrogens with zero attached hydrogens (tertiary/aromatic N) is 1. The van der Waals surface area contributed by atoms with Crippen molar-refractivity contribution in [3.8, 4) is 17.2 Å². The molecule has 0 saturated heterocycles. The number of hydrogen-bond acceptors (Lipinski definition) is 5. The van der Waals surface area contributed by atoms with Crippen LogP contribution in [0.5, 0.6) is 17.2 Å². The molecule has 0 atom stereocenters. The highest BCUT2D eigenvalue weighted by Gasteiger charge is 2.26. The minimum absolute atomic E-state index is 0.0496. The van der Waals surface area contributed by atoms with Gasteiger partial charge < -0.3 is 24.8 Å². The number of halogens is 2. The maximum absolute atomic E-state index is 12.8. The predicted molar refractivity (Wildman–Crippen MR) is 132 cm³/mol. The Morgan fingerprint density at radius 2 is 1.61 bits per heavy atom. The Morgan fingerprint density at radius 3 is 2.30 bits per heavy atom. The quantitative estimate of drug-likeness (QED) is 0.451. The van der Waals surface area contributed by atoms with Crippen molar-refractivity contribution in [3.63, 3.8) is 0 Å². The van der Waals surface area contributed by atoms with Crippen LogP contribution in [0.1, 0.15) is 21.5 Å². The van der Waals surface area contributed by atoms with E-state index in [2.05, 4.69) is 18.3 Å². The predicted octanol–water partition coefficient (Wildman–Crippen LogP) is 5.85. The number of phenolic OH excluding ortho intramolecular Hbond substituents is 1. The Balaban J connectivity index is 0.000000196. The van der Waals surface area contributed by atoms with Gasteiger partial charge in [0.2, 0.25) is 0 Å². The molecule has 0 radical (unpaired) electrons. The van der Waals surface area contributed by atoms with Crippen molar-refractivity contribution in [2.24, 2.45) is 0 Å². The zero-order chi connectivity index (χ0) is 23.5. The van der Waals surface area contributed by atoms with Crippen molar-refractivity contribution in [3.05, 3.63) is 75.3 Å². The van der Waals surface area contributed by atoms with Crippen molar-refractivity contribution in [1.29, 1.82) is 0 Å². The Labute approximate surface area is 202 Å². The maximum atomic E-state index is 12.8. The second kappa shape index (κ2) is 9.81. The number of nitrogens with one attached hydrogen (secondary N) is 1. The van der Waals surface area contributed by atoms with Crippen LogP contribution < -0.4 is 19.7 Å². The average Bonchev–Trinajstić information content (AvgIpc) is 2.82. The van der Waals surface area contributed by atoms with Crippen LogP contribution in [0, 0.1) is 13.8 Å². The fourth-order valence-corrected chi connectivity index (χ4v) is 4.26. The molecule has 0 spiro atoms. The van der Waals surface area contributed by atoms with Crippen LogP contribution in [-0.2, 0) is 0 Å². The summed E-state index contributed by atoms with van der Waals surface area (Å²) in [5.41, 5.74) is 4.33. The lowest BCUT2D eigenvalue weighted by atomic mass is 10.1. The van der Waals surface area contributed by atoms with Gasteiger partial charge in [-0.1, -0.05) is 47.5 Å². The summed E-state index contributed by atoms with van der Waals surface area (Å²) in [5, 5.41) is 13.0. The van der Waals surface area contributed by atoms with E-state index in [0.717, 1.165) is 35.8 Å². The van der Waals surface area contributed by atoms with E-state index >= 15 is 0 Å². The summed E-state index contributed by atoms with van der Waals surface area (Å²) in [4.78, 5) is 14.4. The first-order valence-electron chi connectivity index (χ1n) is 10.6. The number of para-hydroxylation sites is 2. The number of hydrogen-bond donors (Lipinski definition) is 2. The summed E-state index contributed by atoms with van der Waals surface area (Å²) >= 11 is 11.8. The van der Waals surface area contributed by atoms with Crippen LogP contribution >= 0.6 is 23.2 Å². The van der Waals surface area contributed by atoms with Gasteiger partial charge in [0.25, 0.3) is 5.91 Å². The van der Waals surface area contributed by atoms with Gasteiger partial charge in [0.1, 0.15) is 24.7 Å². The van der Waals surface area contributed by atoms with E-state index in [4.69, 9.17) is 32.7 Å². The molecule has 0 aromatic heterocycles. The van der Waals surface area contributed by atoms with E-state index in [1.807, 2.05) is 37.3 Å². The van der Waals surface area contributed by atoms with E-state index in [1.165, 1.54) is 17.7 Å². The number of carbonyl (C=O) groups excluding carboxylic acids is 1. The van der Waals surface area contributed by atoms with Crippen LogP contribution in [0.25, 0.3) is 0 Å². The molecule has 3 aromatic carbocycles. The first-order chi connectivity index (χ1) is 15.9. The lowest BCUT2D eigenvalue weighted by molar-refractivity contribution is 0.0976. The molecule has 2 aliphatic heterocycles. The van der Waals surface area contributed by atoms with E-state index < -0.39 is 0 Å². The number of aromatic hydroxyl groups is 1. The van der Waals surface area contributed by atoms with Gasteiger partial charge in [-0.25, -0.2) is 0 Å². The van der Waals surface area contributed by atoms with Gasteiger partial charge in [0, 0.05) is 12.1 Å². The van der Waals surface area contributed by atoms with Crippen LogP contribution in [-0.4, -0.2) is 37.3 Å². The number of rotatable bonds is 1. The molecule has 2 heterocycles. The second-order valence-electron chi connectivity index (χ2n) is 7.74. The monoisotopic (exact) mass is 486 g/mol. The zero-order valence-corrected chi connectivity index (χ0v) is 19.8. The van der Waals surface area contributed by atoms with Crippen molar-refractivity contribution in [1.82, 2.24) is 0 Å². The highest BCUT2D eigenvalue weighted by Crippen LogP contribution is 2.37. The molecule has 0 bridgehead atoms. The SMILES string of the molecule is Cc1cccc2c1OCCN2.Cc1cccc2c1OCCN2C(=O)c1cc(Cl)c(O)c(Cl)c1. The van der Waals surface area contributed by atoms with E-state index in [-0.39, 0.29) is 21.7 Å².